The maximum absolute atomic E-state index is 6.00. The molecule has 1 nitrogen and oxygen atoms in total. The van der Waals surface area contributed by atoms with Gasteiger partial charge >= 0.3 is 0 Å². The van der Waals surface area contributed by atoms with Crippen molar-refractivity contribution in [1.29, 1.82) is 0 Å². The Morgan fingerprint density at radius 2 is 2.00 bits per heavy atom. The van der Waals surface area contributed by atoms with Gasteiger partial charge in [0.05, 0.1) is 4.34 Å². The molecule has 96 valence electrons. The van der Waals surface area contributed by atoms with E-state index in [4.69, 9.17) is 23.2 Å². The average Bonchev–Trinajstić information content (AvgIpc) is 2.74. The first kappa shape index (κ1) is 13.9. The Morgan fingerprint density at radius 3 is 2.61 bits per heavy atom. The largest absolute Gasteiger partial charge is 0.316 e. The molecule has 4 heteroatoms. The van der Waals surface area contributed by atoms with E-state index in [9.17, 15) is 0 Å². The molecule has 2 rings (SSSR count). The summed E-state index contributed by atoms with van der Waals surface area (Å²) in [5.74, 6) is 0. The van der Waals surface area contributed by atoms with Crippen LogP contribution in [0.5, 0.6) is 0 Å². The minimum Gasteiger partial charge on any atom is -0.316 e. The highest BCUT2D eigenvalue weighted by molar-refractivity contribution is 7.16. The minimum atomic E-state index is 0.401. The summed E-state index contributed by atoms with van der Waals surface area (Å²) in [5, 5.41) is 4.14. The second kappa shape index (κ2) is 6.58. The summed E-state index contributed by atoms with van der Waals surface area (Å²) in [6.07, 6.45) is 1.95. The third-order valence-electron chi connectivity index (χ3n) is 2.86. The maximum atomic E-state index is 6.00. The molecule has 1 aromatic heterocycles. The number of hydrogen-bond donors (Lipinski definition) is 1. The highest BCUT2D eigenvalue weighted by Gasteiger charge is 2.10. The molecule has 0 aliphatic carbocycles. The van der Waals surface area contributed by atoms with Crippen molar-refractivity contribution >= 4 is 34.5 Å². The van der Waals surface area contributed by atoms with Crippen molar-refractivity contribution in [2.75, 3.05) is 7.05 Å². The van der Waals surface area contributed by atoms with E-state index in [0.29, 0.717) is 6.04 Å². The molecule has 0 spiro atoms. The molecular weight excluding hydrogens is 285 g/mol. The number of likely N-dealkylation sites (N-methyl/N-ethyl adjacent to an activating group) is 1. The third-order valence-corrected chi connectivity index (χ3v) is 4.34. The van der Waals surface area contributed by atoms with Gasteiger partial charge < -0.3 is 5.32 Å². The molecule has 0 saturated carbocycles. The van der Waals surface area contributed by atoms with E-state index >= 15 is 0 Å². The molecule has 0 aliphatic rings. The van der Waals surface area contributed by atoms with E-state index in [-0.39, 0.29) is 0 Å². The van der Waals surface area contributed by atoms with Crippen LogP contribution in [0.15, 0.2) is 36.4 Å². The van der Waals surface area contributed by atoms with Crippen molar-refractivity contribution in [3.05, 3.63) is 56.2 Å². The van der Waals surface area contributed by atoms with Crippen LogP contribution in [-0.2, 0) is 12.8 Å². The molecular formula is C14H15Cl2NS. The Bertz CT molecular complexity index is 510. The topological polar surface area (TPSA) is 12.0 Å². The summed E-state index contributed by atoms with van der Waals surface area (Å²) in [7, 11) is 1.99. The van der Waals surface area contributed by atoms with Crippen molar-refractivity contribution in [2.24, 2.45) is 0 Å². The molecule has 0 bridgehead atoms. The van der Waals surface area contributed by atoms with Crippen molar-refractivity contribution in [3.63, 3.8) is 0 Å². The van der Waals surface area contributed by atoms with Gasteiger partial charge in [0.25, 0.3) is 0 Å². The molecule has 0 amide bonds. The summed E-state index contributed by atoms with van der Waals surface area (Å²) in [6, 6.07) is 12.5. The zero-order valence-electron chi connectivity index (χ0n) is 10.1. The van der Waals surface area contributed by atoms with Gasteiger partial charge in [-0.05, 0) is 49.7 Å². The standard InChI is InChI=1S/C14H15Cl2NS/c1-17-12(9-13-5-6-14(16)18-13)8-10-3-2-4-11(15)7-10/h2-7,12,17H,8-9H2,1H3. The molecule has 2 aromatic rings. The summed E-state index contributed by atoms with van der Waals surface area (Å²) in [5.41, 5.74) is 1.25. The minimum absolute atomic E-state index is 0.401. The van der Waals surface area contributed by atoms with Crippen molar-refractivity contribution in [2.45, 2.75) is 18.9 Å². The Hall–Kier alpha value is -0.540. The van der Waals surface area contributed by atoms with Gasteiger partial charge in [0.15, 0.2) is 0 Å². The summed E-state index contributed by atoms with van der Waals surface area (Å²) in [6.45, 7) is 0. The fourth-order valence-corrected chi connectivity index (χ4v) is 3.31. The first-order chi connectivity index (χ1) is 8.67. The van der Waals surface area contributed by atoms with Gasteiger partial charge in [-0.2, -0.15) is 0 Å². The van der Waals surface area contributed by atoms with E-state index in [0.717, 1.165) is 22.2 Å². The van der Waals surface area contributed by atoms with Crippen LogP contribution < -0.4 is 5.32 Å². The average molecular weight is 300 g/mol. The van der Waals surface area contributed by atoms with Crippen molar-refractivity contribution in [3.8, 4) is 0 Å². The predicted octanol–water partition coefficient (Wildman–Crippen LogP) is 4.43. The smallest absolute Gasteiger partial charge is 0.0931 e. The molecule has 1 heterocycles. The van der Waals surface area contributed by atoms with Crippen LogP contribution in [0, 0.1) is 0 Å². The van der Waals surface area contributed by atoms with E-state index in [1.54, 1.807) is 11.3 Å². The number of rotatable bonds is 5. The molecule has 0 fully saturated rings. The van der Waals surface area contributed by atoms with Crippen LogP contribution in [0.3, 0.4) is 0 Å². The van der Waals surface area contributed by atoms with Crippen LogP contribution in [-0.4, -0.2) is 13.1 Å². The van der Waals surface area contributed by atoms with E-state index in [1.807, 2.05) is 31.3 Å². The van der Waals surface area contributed by atoms with Crippen LogP contribution in [0.25, 0.3) is 0 Å². The Labute approximate surface area is 122 Å². The second-order valence-electron chi connectivity index (χ2n) is 4.23. The molecule has 1 N–H and O–H groups in total. The first-order valence-corrected chi connectivity index (χ1v) is 7.40. The van der Waals surface area contributed by atoms with Crippen molar-refractivity contribution < 1.29 is 0 Å². The number of halogens is 2. The fraction of sp³-hybridized carbons (Fsp3) is 0.286. The van der Waals surface area contributed by atoms with Crippen LogP contribution in [0.4, 0.5) is 0 Å². The molecule has 0 aliphatic heterocycles. The van der Waals surface area contributed by atoms with Crippen LogP contribution >= 0.6 is 34.5 Å². The zero-order valence-corrected chi connectivity index (χ0v) is 12.4. The van der Waals surface area contributed by atoms with Crippen LogP contribution in [0.2, 0.25) is 9.36 Å². The normalized spacial score (nSPS) is 12.6. The zero-order chi connectivity index (χ0) is 13.0. The lowest BCUT2D eigenvalue weighted by atomic mass is 10.0. The third kappa shape index (κ3) is 3.99. The lowest BCUT2D eigenvalue weighted by molar-refractivity contribution is 0.560. The first-order valence-electron chi connectivity index (χ1n) is 5.83. The lowest BCUT2D eigenvalue weighted by Crippen LogP contribution is -2.29. The summed E-state index contributed by atoms with van der Waals surface area (Å²) < 4.78 is 0.850. The predicted molar refractivity (Wildman–Crippen MR) is 81.0 cm³/mol. The van der Waals surface area contributed by atoms with Gasteiger partial charge in [-0.1, -0.05) is 35.3 Å². The quantitative estimate of drug-likeness (QED) is 0.861. The van der Waals surface area contributed by atoms with Gasteiger partial charge in [0.1, 0.15) is 0 Å². The molecule has 0 saturated heterocycles. The summed E-state index contributed by atoms with van der Waals surface area (Å²) in [4.78, 5) is 1.31. The van der Waals surface area contributed by atoms with E-state index < -0.39 is 0 Å². The Kier molecular flexibility index (Phi) is 5.07. The Morgan fingerprint density at radius 1 is 1.17 bits per heavy atom. The molecule has 18 heavy (non-hydrogen) atoms. The number of hydrogen-bond acceptors (Lipinski definition) is 2. The molecule has 1 unspecified atom stereocenters. The van der Waals surface area contributed by atoms with E-state index in [1.165, 1.54) is 10.4 Å². The summed E-state index contributed by atoms with van der Waals surface area (Å²) >= 11 is 13.6. The highest BCUT2D eigenvalue weighted by atomic mass is 35.5. The molecule has 1 atom stereocenters. The van der Waals surface area contributed by atoms with E-state index in [2.05, 4.69) is 17.4 Å². The SMILES string of the molecule is CNC(Cc1cccc(Cl)c1)Cc1ccc(Cl)s1. The van der Waals surface area contributed by atoms with Gasteiger partial charge in [0, 0.05) is 15.9 Å². The van der Waals surface area contributed by atoms with Crippen LogP contribution in [0.1, 0.15) is 10.4 Å². The second-order valence-corrected chi connectivity index (χ2v) is 6.47. The number of benzene rings is 1. The van der Waals surface area contributed by atoms with Gasteiger partial charge in [-0.3, -0.25) is 0 Å². The monoisotopic (exact) mass is 299 g/mol. The molecule has 1 aromatic carbocycles. The number of nitrogens with one attached hydrogen (secondary N) is 1. The van der Waals surface area contributed by atoms with Gasteiger partial charge in [0.2, 0.25) is 0 Å². The fourth-order valence-electron chi connectivity index (χ4n) is 1.93. The maximum Gasteiger partial charge on any atom is 0.0931 e. The molecule has 0 radical (unpaired) electrons. The van der Waals surface area contributed by atoms with Gasteiger partial charge in [-0.15, -0.1) is 11.3 Å². The van der Waals surface area contributed by atoms with Crippen molar-refractivity contribution in [1.82, 2.24) is 5.32 Å². The Balaban J connectivity index is 2.01. The van der Waals surface area contributed by atoms with Gasteiger partial charge in [-0.25, -0.2) is 0 Å². The lowest BCUT2D eigenvalue weighted by Gasteiger charge is -2.15. The number of thiophene rings is 1. The highest BCUT2D eigenvalue weighted by Crippen LogP contribution is 2.23.